The van der Waals surface area contributed by atoms with Gasteiger partial charge in [0, 0.05) is 19.1 Å². The maximum absolute atomic E-state index is 11.9. The Morgan fingerprint density at radius 1 is 1.24 bits per heavy atom. The van der Waals surface area contributed by atoms with Gasteiger partial charge in [-0.25, -0.2) is 0 Å². The maximum atomic E-state index is 11.9. The van der Waals surface area contributed by atoms with Gasteiger partial charge in [-0.15, -0.1) is 0 Å². The minimum atomic E-state index is -0.473. The molecular formula is C17H26N2O2. The molecule has 0 radical (unpaired) electrons. The number of benzene rings is 1. The van der Waals surface area contributed by atoms with E-state index < -0.39 is 6.10 Å². The van der Waals surface area contributed by atoms with Gasteiger partial charge < -0.3 is 15.4 Å². The fourth-order valence-corrected chi connectivity index (χ4v) is 1.94. The van der Waals surface area contributed by atoms with Crippen LogP contribution in [0.1, 0.15) is 39.2 Å². The SMILES string of the molecule is CC(C)CNC(=O)C(C)Oc1ccc(CNC2CC2)cc1. The second-order valence-corrected chi connectivity index (χ2v) is 6.20. The summed E-state index contributed by atoms with van der Waals surface area (Å²) in [6.07, 6.45) is 2.12. The van der Waals surface area contributed by atoms with Crippen molar-refractivity contribution in [3.05, 3.63) is 29.8 Å². The summed E-state index contributed by atoms with van der Waals surface area (Å²) in [6, 6.07) is 8.66. The highest BCUT2D eigenvalue weighted by Gasteiger charge is 2.20. The molecule has 1 aromatic carbocycles. The van der Waals surface area contributed by atoms with E-state index in [1.807, 2.05) is 24.3 Å². The average molecular weight is 290 g/mol. The Morgan fingerprint density at radius 3 is 2.48 bits per heavy atom. The summed E-state index contributed by atoms with van der Waals surface area (Å²) in [5.74, 6) is 1.11. The Hall–Kier alpha value is -1.55. The maximum Gasteiger partial charge on any atom is 0.260 e. The molecule has 21 heavy (non-hydrogen) atoms. The first-order valence-corrected chi connectivity index (χ1v) is 7.81. The van der Waals surface area contributed by atoms with Crippen molar-refractivity contribution in [3.63, 3.8) is 0 Å². The second-order valence-electron chi connectivity index (χ2n) is 6.20. The molecule has 2 rings (SSSR count). The van der Waals surface area contributed by atoms with Crippen LogP contribution in [-0.4, -0.2) is 24.6 Å². The number of nitrogens with one attached hydrogen (secondary N) is 2. The van der Waals surface area contributed by atoms with Crippen LogP contribution in [0.2, 0.25) is 0 Å². The van der Waals surface area contributed by atoms with Crippen LogP contribution in [0.25, 0.3) is 0 Å². The lowest BCUT2D eigenvalue weighted by atomic mass is 10.2. The number of hydrogen-bond acceptors (Lipinski definition) is 3. The Morgan fingerprint density at radius 2 is 1.90 bits per heavy atom. The molecule has 1 fully saturated rings. The van der Waals surface area contributed by atoms with E-state index in [1.165, 1.54) is 18.4 Å². The molecule has 1 aliphatic carbocycles. The van der Waals surface area contributed by atoms with Crippen molar-refractivity contribution in [2.75, 3.05) is 6.54 Å². The summed E-state index contributed by atoms with van der Waals surface area (Å²) < 4.78 is 5.67. The second kappa shape index (κ2) is 7.46. The lowest BCUT2D eigenvalue weighted by molar-refractivity contribution is -0.127. The molecule has 116 valence electrons. The molecule has 1 unspecified atom stereocenters. The van der Waals surface area contributed by atoms with Gasteiger partial charge in [0.25, 0.3) is 5.91 Å². The molecule has 4 nitrogen and oxygen atoms in total. The Balaban J connectivity index is 1.76. The molecule has 0 aliphatic heterocycles. The van der Waals surface area contributed by atoms with Crippen LogP contribution in [0.15, 0.2) is 24.3 Å². The number of amides is 1. The average Bonchev–Trinajstić information content (AvgIpc) is 3.28. The lowest BCUT2D eigenvalue weighted by Crippen LogP contribution is -2.38. The van der Waals surface area contributed by atoms with Crippen molar-refractivity contribution >= 4 is 5.91 Å². The van der Waals surface area contributed by atoms with E-state index in [-0.39, 0.29) is 5.91 Å². The highest BCUT2D eigenvalue weighted by Crippen LogP contribution is 2.20. The number of hydrogen-bond donors (Lipinski definition) is 2. The zero-order valence-corrected chi connectivity index (χ0v) is 13.2. The van der Waals surface area contributed by atoms with Crippen molar-refractivity contribution in [2.45, 2.75) is 52.3 Å². The fourth-order valence-electron chi connectivity index (χ4n) is 1.94. The van der Waals surface area contributed by atoms with E-state index in [0.29, 0.717) is 18.5 Å². The monoisotopic (exact) mass is 290 g/mol. The number of ether oxygens (including phenoxy) is 1. The quantitative estimate of drug-likeness (QED) is 0.773. The smallest absolute Gasteiger partial charge is 0.260 e. The van der Waals surface area contributed by atoms with Gasteiger partial charge in [0.2, 0.25) is 0 Å². The van der Waals surface area contributed by atoms with E-state index in [9.17, 15) is 4.79 Å². The van der Waals surface area contributed by atoms with E-state index in [4.69, 9.17) is 4.74 Å². The molecule has 0 bridgehead atoms. The molecule has 0 spiro atoms. The first kappa shape index (κ1) is 15.8. The summed E-state index contributed by atoms with van der Waals surface area (Å²) in [6.45, 7) is 7.49. The first-order chi connectivity index (χ1) is 10.0. The molecule has 0 aromatic heterocycles. The van der Waals surface area contributed by atoms with Crippen LogP contribution in [0.5, 0.6) is 5.75 Å². The Bertz CT molecular complexity index is 452. The number of rotatable bonds is 8. The van der Waals surface area contributed by atoms with Crippen molar-refractivity contribution in [3.8, 4) is 5.75 Å². The van der Waals surface area contributed by atoms with Crippen molar-refractivity contribution in [1.82, 2.24) is 10.6 Å². The molecule has 0 saturated heterocycles. The van der Waals surface area contributed by atoms with Crippen molar-refractivity contribution in [2.24, 2.45) is 5.92 Å². The predicted molar refractivity (Wildman–Crippen MR) is 84.2 cm³/mol. The molecule has 1 amide bonds. The first-order valence-electron chi connectivity index (χ1n) is 7.81. The number of carbonyl (C=O) groups excluding carboxylic acids is 1. The van der Waals surface area contributed by atoms with Crippen molar-refractivity contribution in [1.29, 1.82) is 0 Å². The zero-order chi connectivity index (χ0) is 15.2. The normalized spacial score (nSPS) is 15.8. The van der Waals surface area contributed by atoms with Gasteiger partial charge >= 0.3 is 0 Å². The van der Waals surface area contributed by atoms with Crippen LogP contribution < -0.4 is 15.4 Å². The standard InChI is InChI=1S/C17H26N2O2/c1-12(2)10-19-17(20)13(3)21-16-8-4-14(5-9-16)11-18-15-6-7-15/h4-5,8-9,12-13,15,18H,6-7,10-11H2,1-3H3,(H,19,20). The highest BCUT2D eigenvalue weighted by atomic mass is 16.5. The molecular weight excluding hydrogens is 264 g/mol. The predicted octanol–water partition coefficient (Wildman–Crippen LogP) is 2.48. The molecule has 1 aliphatic rings. The molecule has 4 heteroatoms. The van der Waals surface area contributed by atoms with Gasteiger partial charge in [0.15, 0.2) is 6.10 Å². The van der Waals surface area contributed by atoms with Crippen LogP contribution in [-0.2, 0) is 11.3 Å². The minimum absolute atomic E-state index is 0.0665. The molecule has 1 atom stereocenters. The summed E-state index contributed by atoms with van der Waals surface area (Å²) in [5.41, 5.74) is 1.24. The molecule has 0 heterocycles. The van der Waals surface area contributed by atoms with E-state index >= 15 is 0 Å². The van der Waals surface area contributed by atoms with Crippen LogP contribution in [0.4, 0.5) is 0 Å². The van der Waals surface area contributed by atoms with Gasteiger partial charge in [0.05, 0.1) is 0 Å². The van der Waals surface area contributed by atoms with Crippen molar-refractivity contribution < 1.29 is 9.53 Å². The summed E-state index contributed by atoms with van der Waals surface area (Å²) in [4.78, 5) is 11.9. The minimum Gasteiger partial charge on any atom is -0.481 e. The van der Waals surface area contributed by atoms with E-state index in [0.717, 1.165) is 12.3 Å². The molecule has 1 saturated carbocycles. The number of carbonyl (C=O) groups is 1. The highest BCUT2D eigenvalue weighted by molar-refractivity contribution is 5.80. The largest absolute Gasteiger partial charge is 0.481 e. The van der Waals surface area contributed by atoms with Crippen LogP contribution >= 0.6 is 0 Å². The Kier molecular flexibility index (Phi) is 5.62. The van der Waals surface area contributed by atoms with Gasteiger partial charge in [-0.1, -0.05) is 26.0 Å². The summed E-state index contributed by atoms with van der Waals surface area (Å²) in [7, 11) is 0. The van der Waals surface area contributed by atoms with Crippen LogP contribution in [0, 0.1) is 5.92 Å². The zero-order valence-electron chi connectivity index (χ0n) is 13.2. The van der Waals surface area contributed by atoms with E-state index in [2.05, 4.69) is 24.5 Å². The van der Waals surface area contributed by atoms with Gasteiger partial charge in [-0.3, -0.25) is 4.79 Å². The Labute approximate surface area is 127 Å². The van der Waals surface area contributed by atoms with Gasteiger partial charge in [-0.05, 0) is 43.4 Å². The topological polar surface area (TPSA) is 50.4 Å². The fraction of sp³-hybridized carbons (Fsp3) is 0.588. The third kappa shape index (κ3) is 5.76. The molecule has 2 N–H and O–H groups in total. The van der Waals surface area contributed by atoms with E-state index in [1.54, 1.807) is 6.92 Å². The third-order valence-electron chi connectivity index (χ3n) is 3.46. The lowest BCUT2D eigenvalue weighted by Gasteiger charge is -2.16. The van der Waals surface area contributed by atoms with Gasteiger partial charge in [0.1, 0.15) is 5.75 Å². The third-order valence-corrected chi connectivity index (χ3v) is 3.46. The van der Waals surface area contributed by atoms with Gasteiger partial charge in [-0.2, -0.15) is 0 Å². The summed E-state index contributed by atoms with van der Waals surface area (Å²) >= 11 is 0. The molecule has 1 aromatic rings. The van der Waals surface area contributed by atoms with Crippen LogP contribution in [0.3, 0.4) is 0 Å². The summed E-state index contributed by atoms with van der Waals surface area (Å²) in [5, 5.41) is 6.35.